The second kappa shape index (κ2) is 4.32. The molecule has 0 fully saturated rings. The summed E-state index contributed by atoms with van der Waals surface area (Å²) in [5.41, 5.74) is 3.24. The SMILES string of the molecule is CCC1(C)c2ccccc2N(C)C1C.I. The normalized spacial score (nSPS) is 28.5. The Balaban J connectivity index is 0.00000112. The van der Waals surface area contributed by atoms with Crippen LogP contribution >= 0.6 is 24.0 Å². The van der Waals surface area contributed by atoms with Crippen LogP contribution in [0.15, 0.2) is 24.3 Å². The zero-order chi connectivity index (χ0) is 10.3. The fourth-order valence-electron chi connectivity index (χ4n) is 2.61. The van der Waals surface area contributed by atoms with Crippen molar-refractivity contribution in [2.45, 2.75) is 38.6 Å². The van der Waals surface area contributed by atoms with E-state index >= 15 is 0 Å². The quantitative estimate of drug-likeness (QED) is 0.712. The van der Waals surface area contributed by atoms with Gasteiger partial charge >= 0.3 is 0 Å². The predicted octanol–water partition coefficient (Wildman–Crippen LogP) is 3.81. The molecule has 2 rings (SSSR count). The fourth-order valence-corrected chi connectivity index (χ4v) is 2.61. The molecule has 1 aromatic rings. The zero-order valence-corrected chi connectivity index (χ0v) is 12.3. The molecular weight excluding hydrogens is 297 g/mol. The van der Waals surface area contributed by atoms with Gasteiger partial charge in [-0.05, 0) is 25.0 Å². The molecule has 0 spiro atoms. The van der Waals surface area contributed by atoms with E-state index in [1.165, 1.54) is 17.7 Å². The minimum atomic E-state index is 0. The third-order valence-electron chi connectivity index (χ3n) is 4.14. The van der Waals surface area contributed by atoms with E-state index in [1.54, 1.807) is 0 Å². The van der Waals surface area contributed by atoms with Crippen molar-refractivity contribution in [1.29, 1.82) is 0 Å². The van der Waals surface area contributed by atoms with E-state index in [0.29, 0.717) is 11.5 Å². The average molecular weight is 317 g/mol. The van der Waals surface area contributed by atoms with Gasteiger partial charge in [0, 0.05) is 24.2 Å². The van der Waals surface area contributed by atoms with Crippen LogP contribution in [0.3, 0.4) is 0 Å². The minimum Gasteiger partial charge on any atom is -0.371 e. The topological polar surface area (TPSA) is 3.24 Å². The summed E-state index contributed by atoms with van der Waals surface area (Å²) in [6.07, 6.45) is 1.20. The Morgan fingerprint density at radius 3 is 2.53 bits per heavy atom. The Hall–Kier alpha value is -0.250. The van der Waals surface area contributed by atoms with Gasteiger partial charge in [-0.25, -0.2) is 0 Å². The summed E-state index contributed by atoms with van der Waals surface area (Å²) in [5.74, 6) is 0. The lowest BCUT2D eigenvalue weighted by Gasteiger charge is -2.31. The highest BCUT2D eigenvalue weighted by Gasteiger charge is 2.41. The van der Waals surface area contributed by atoms with Crippen molar-refractivity contribution in [2.75, 3.05) is 11.9 Å². The lowest BCUT2D eigenvalue weighted by Crippen LogP contribution is -2.38. The predicted molar refractivity (Wildman–Crippen MR) is 77.4 cm³/mol. The molecule has 1 aliphatic heterocycles. The van der Waals surface area contributed by atoms with Crippen LogP contribution in [0.1, 0.15) is 32.8 Å². The molecule has 1 heterocycles. The van der Waals surface area contributed by atoms with E-state index in [9.17, 15) is 0 Å². The average Bonchev–Trinajstić information content (AvgIpc) is 2.43. The van der Waals surface area contributed by atoms with E-state index in [1.807, 2.05) is 0 Å². The molecule has 2 heteroatoms. The van der Waals surface area contributed by atoms with Gasteiger partial charge in [0.05, 0.1) is 0 Å². The van der Waals surface area contributed by atoms with Crippen LogP contribution in [0, 0.1) is 0 Å². The first-order valence-electron chi connectivity index (χ1n) is 5.43. The maximum atomic E-state index is 2.40. The van der Waals surface area contributed by atoms with Crippen LogP contribution in [-0.4, -0.2) is 13.1 Å². The summed E-state index contributed by atoms with van der Waals surface area (Å²) in [6, 6.07) is 9.39. The van der Waals surface area contributed by atoms with Crippen LogP contribution < -0.4 is 4.90 Å². The van der Waals surface area contributed by atoms with E-state index in [-0.39, 0.29) is 24.0 Å². The van der Waals surface area contributed by atoms with E-state index < -0.39 is 0 Å². The standard InChI is InChI=1S/C13H19N.HI/c1-5-13(3)10(2)14(4)12-9-7-6-8-11(12)13;/h6-10H,5H2,1-4H3;1H. The van der Waals surface area contributed by atoms with Gasteiger partial charge in [0.25, 0.3) is 0 Å². The molecule has 0 radical (unpaired) electrons. The highest BCUT2D eigenvalue weighted by Crippen LogP contribution is 2.45. The molecule has 0 aliphatic carbocycles. The van der Waals surface area contributed by atoms with Gasteiger partial charge < -0.3 is 4.90 Å². The Bertz CT molecular complexity index is 350. The summed E-state index contributed by atoms with van der Waals surface area (Å²) >= 11 is 0. The minimum absolute atomic E-state index is 0. The second-order valence-corrected chi connectivity index (χ2v) is 4.58. The van der Waals surface area contributed by atoms with Crippen LogP contribution in [-0.2, 0) is 5.41 Å². The largest absolute Gasteiger partial charge is 0.371 e. The third kappa shape index (κ3) is 1.67. The smallest absolute Gasteiger partial charge is 0.0405 e. The maximum absolute atomic E-state index is 2.40. The molecule has 15 heavy (non-hydrogen) atoms. The highest BCUT2D eigenvalue weighted by molar-refractivity contribution is 14.0. The van der Waals surface area contributed by atoms with Crippen molar-refractivity contribution in [2.24, 2.45) is 0 Å². The van der Waals surface area contributed by atoms with Crippen molar-refractivity contribution < 1.29 is 0 Å². The molecule has 0 saturated carbocycles. The number of anilines is 1. The van der Waals surface area contributed by atoms with Crippen LogP contribution in [0.2, 0.25) is 0 Å². The molecule has 0 amide bonds. The molecular formula is C13H20IN. The molecule has 0 aromatic heterocycles. The molecule has 1 nitrogen and oxygen atoms in total. The molecule has 0 bridgehead atoms. The van der Waals surface area contributed by atoms with Crippen LogP contribution in [0.5, 0.6) is 0 Å². The number of hydrogen-bond donors (Lipinski definition) is 0. The monoisotopic (exact) mass is 317 g/mol. The van der Waals surface area contributed by atoms with Gasteiger partial charge in [-0.1, -0.05) is 32.0 Å². The van der Waals surface area contributed by atoms with E-state index in [4.69, 9.17) is 0 Å². The lowest BCUT2D eigenvalue weighted by atomic mass is 9.77. The molecule has 84 valence electrons. The van der Waals surface area contributed by atoms with Gasteiger partial charge in [-0.2, -0.15) is 0 Å². The summed E-state index contributed by atoms with van der Waals surface area (Å²) in [5, 5.41) is 0. The third-order valence-corrected chi connectivity index (χ3v) is 4.14. The molecule has 2 unspecified atom stereocenters. The molecule has 1 aromatic carbocycles. The van der Waals surface area contributed by atoms with Crippen LogP contribution in [0.25, 0.3) is 0 Å². The summed E-state index contributed by atoms with van der Waals surface area (Å²) in [4.78, 5) is 2.40. The Morgan fingerprint density at radius 1 is 1.33 bits per heavy atom. The maximum Gasteiger partial charge on any atom is 0.0405 e. The highest BCUT2D eigenvalue weighted by atomic mass is 127. The number of likely N-dealkylation sites (N-methyl/N-ethyl adjacent to an activating group) is 1. The summed E-state index contributed by atoms with van der Waals surface area (Å²) in [6.45, 7) is 6.98. The Morgan fingerprint density at radius 2 is 1.93 bits per heavy atom. The van der Waals surface area contributed by atoms with Gasteiger partial charge in [-0.15, -0.1) is 24.0 Å². The van der Waals surface area contributed by atoms with Crippen molar-refractivity contribution in [3.05, 3.63) is 29.8 Å². The van der Waals surface area contributed by atoms with Gasteiger partial charge in [0.1, 0.15) is 0 Å². The van der Waals surface area contributed by atoms with Crippen molar-refractivity contribution in [3.8, 4) is 0 Å². The number of para-hydroxylation sites is 1. The summed E-state index contributed by atoms with van der Waals surface area (Å²) < 4.78 is 0. The van der Waals surface area contributed by atoms with E-state index in [0.717, 1.165) is 0 Å². The van der Waals surface area contributed by atoms with Gasteiger partial charge in [0.2, 0.25) is 0 Å². The Kier molecular flexibility index (Phi) is 3.69. The number of halogens is 1. The molecule has 1 aliphatic rings. The first kappa shape index (κ1) is 12.8. The van der Waals surface area contributed by atoms with Crippen molar-refractivity contribution in [3.63, 3.8) is 0 Å². The van der Waals surface area contributed by atoms with Crippen LogP contribution in [0.4, 0.5) is 5.69 Å². The fraction of sp³-hybridized carbons (Fsp3) is 0.538. The second-order valence-electron chi connectivity index (χ2n) is 4.58. The molecule has 0 saturated heterocycles. The molecule has 0 N–H and O–H groups in total. The Labute approximate surface area is 110 Å². The van der Waals surface area contributed by atoms with Crippen molar-refractivity contribution >= 4 is 29.7 Å². The lowest BCUT2D eigenvalue weighted by molar-refractivity contribution is 0.400. The van der Waals surface area contributed by atoms with Gasteiger partial charge in [-0.3, -0.25) is 0 Å². The first-order chi connectivity index (χ1) is 6.61. The number of hydrogen-bond acceptors (Lipinski definition) is 1. The number of fused-ring (bicyclic) bond motifs is 1. The number of benzene rings is 1. The first-order valence-corrected chi connectivity index (χ1v) is 5.43. The summed E-state index contributed by atoms with van der Waals surface area (Å²) in [7, 11) is 2.20. The van der Waals surface area contributed by atoms with Gasteiger partial charge in [0.15, 0.2) is 0 Å². The zero-order valence-electron chi connectivity index (χ0n) is 9.95. The van der Waals surface area contributed by atoms with Crippen molar-refractivity contribution in [1.82, 2.24) is 0 Å². The van der Waals surface area contributed by atoms with E-state index in [2.05, 4.69) is 57.0 Å². The number of rotatable bonds is 1. The molecule has 2 atom stereocenters. The number of nitrogens with zero attached hydrogens (tertiary/aromatic N) is 1.